The van der Waals surface area contributed by atoms with Crippen molar-refractivity contribution < 1.29 is 18.0 Å². The smallest absolute Gasteiger partial charge is 0.318 e. The van der Waals surface area contributed by atoms with E-state index < -0.39 is 17.6 Å². The SMILES string of the molecule is O=C(Nc1cccc(C(CI)(N=C=S)C2CCCCC2)c1)C(F)(F)F. The highest BCUT2D eigenvalue weighted by atomic mass is 127. The van der Waals surface area contributed by atoms with Crippen LogP contribution in [-0.4, -0.2) is 21.7 Å². The number of nitrogens with zero attached hydrogens (tertiary/aromatic N) is 1. The molecule has 1 aromatic carbocycles. The quantitative estimate of drug-likeness (QED) is 0.261. The Balaban J connectivity index is 2.39. The minimum absolute atomic E-state index is 0.101. The van der Waals surface area contributed by atoms with Gasteiger partial charge < -0.3 is 5.32 Å². The van der Waals surface area contributed by atoms with Crippen LogP contribution in [0, 0.1) is 5.92 Å². The van der Waals surface area contributed by atoms with Gasteiger partial charge in [0.15, 0.2) is 0 Å². The molecule has 1 aliphatic rings. The Kier molecular flexibility index (Phi) is 6.99. The number of isothiocyanates is 1. The first-order valence-corrected chi connectivity index (χ1v) is 9.90. The van der Waals surface area contributed by atoms with Crippen LogP contribution in [0.1, 0.15) is 37.7 Å². The zero-order chi connectivity index (χ0) is 18.5. The first-order valence-electron chi connectivity index (χ1n) is 7.97. The Bertz CT molecular complexity index is 670. The number of benzene rings is 1. The van der Waals surface area contributed by atoms with Crippen molar-refractivity contribution >= 4 is 51.6 Å². The average Bonchev–Trinajstić information content (AvgIpc) is 2.60. The van der Waals surface area contributed by atoms with Crippen LogP contribution < -0.4 is 5.32 Å². The van der Waals surface area contributed by atoms with Crippen molar-refractivity contribution in [2.24, 2.45) is 10.9 Å². The molecule has 1 N–H and O–H groups in total. The van der Waals surface area contributed by atoms with E-state index in [0.29, 0.717) is 4.43 Å². The first kappa shape index (κ1) is 20.3. The molecule has 0 aromatic heterocycles. The Morgan fingerprint density at radius 2 is 2.00 bits per heavy atom. The minimum atomic E-state index is -4.92. The van der Waals surface area contributed by atoms with Gasteiger partial charge in [-0.15, -0.1) is 0 Å². The molecule has 25 heavy (non-hydrogen) atoms. The molecule has 2 rings (SSSR count). The van der Waals surface area contributed by atoms with E-state index in [4.69, 9.17) is 12.2 Å². The van der Waals surface area contributed by atoms with Crippen molar-refractivity contribution in [3.63, 3.8) is 0 Å². The monoisotopic (exact) mass is 482 g/mol. The number of hydrogen-bond donors (Lipinski definition) is 1. The minimum Gasteiger partial charge on any atom is -0.318 e. The summed E-state index contributed by atoms with van der Waals surface area (Å²) < 4.78 is 38.1. The fourth-order valence-corrected chi connectivity index (χ4v) is 4.73. The molecule has 1 unspecified atom stereocenters. The Labute approximate surface area is 163 Å². The van der Waals surface area contributed by atoms with E-state index >= 15 is 0 Å². The summed E-state index contributed by atoms with van der Waals surface area (Å²) >= 11 is 7.08. The predicted molar refractivity (Wildman–Crippen MR) is 103 cm³/mol. The van der Waals surface area contributed by atoms with Crippen LogP contribution in [0.15, 0.2) is 29.3 Å². The van der Waals surface area contributed by atoms with E-state index in [-0.39, 0.29) is 11.6 Å². The number of rotatable bonds is 5. The molecule has 136 valence electrons. The molecular weight excluding hydrogens is 464 g/mol. The molecule has 1 saturated carbocycles. The van der Waals surface area contributed by atoms with Gasteiger partial charge in [0, 0.05) is 10.1 Å². The van der Waals surface area contributed by atoms with Crippen molar-refractivity contribution in [2.45, 2.75) is 43.8 Å². The third kappa shape index (κ3) is 4.80. The van der Waals surface area contributed by atoms with Gasteiger partial charge in [0.05, 0.1) is 5.16 Å². The number of hydrogen-bond acceptors (Lipinski definition) is 3. The van der Waals surface area contributed by atoms with Crippen molar-refractivity contribution in [2.75, 3.05) is 9.74 Å². The maximum atomic E-state index is 12.5. The van der Waals surface area contributed by atoms with Crippen molar-refractivity contribution in [3.05, 3.63) is 29.8 Å². The average molecular weight is 482 g/mol. The van der Waals surface area contributed by atoms with Crippen molar-refractivity contribution in [1.82, 2.24) is 0 Å². The number of thiocarbonyl (C=S) groups is 1. The lowest BCUT2D eigenvalue weighted by atomic mass is 9.72. The summed E-state index contributed by atoms with van der Waals surface area (Å²) in [5.41, 5.74) is 0.234. The van der Waals surface area contributed by atoms with E-state index in [1.54, 1.807) is 12.1 Å². The standard InChI is InChI=1S/C17H18F3IN2OS/c18-17(19,20)15(24)23-14-8-4-7-13(9-14)16(10-21,22-11-25)12-5-2-1-3-6-12/h4,7-9,12H,1-3,5-6,10H2,(H,23,24). The Morgan fingerprint density at radius 1 is 1.32 bits per heavy atom. The zero-order valence-electron chi connectivity index (χ0n) is 13.4. The molecule has 1 aliphatic carbocycles. The first-order chi connectivity index (χ1) is 11.8. The van der Waals surface area contributed by atoms with Crippen LogP contribution in [0.25, 0.3) is 0 Å². The summed E-state index contributed by atoms with van der Waals surface area (Å²) in [6.07, 6.45) is 0.426. The second-order valence-electron chi connectivity index (χ2n) is 6.13. The molecule has 3 nitrogen and oxygen atoms in total. The lowest BCUT2D eigenvalue weighted by Gasteiger charge is -2.38. The van der Waals surface area contributed by atoms with Crippen LogP contribution in [0.4, 0.5) is 18.9 Å². The Morgan fingerprint density at radius 3 is 2.56 bits per heavy atom. The van der Waals surface area contributed by atoms with E-state index in [1.165, 1.54) is 12.5 Å². The van der Waals surface area contributed by atoms with E-state index in [2.05, 4.69) is 32.7 Å². The van der Waals surface area contributed by atoms with Crippen LogP contribution in [-0.2, 0) is 10.3 Å². The summed E-state index contributed by atoms with van der Waals surface area (Å²) in [4.78, 5) is 15.7. The Hall–Kier alpha value is -0.990. The number of alkyl halides is 4. The second-order valence-corrected chi connectivity index (χ2v) is 7.07. The van der Waals surface area contributed by atoms with Crippen LogP contribution >= 0.6 is 34.8 Å². The maximum absolute atomic E-state index is 12.5. The van der Waals surface area contributed by atoms with Gasteiger partial charge in [-0.3, -0.25) is 4.79 Å². The lowest BCUT2D eigenvalue weighted by Crippen LogP contribution is -2.36. The van der Waals surface area contributed by atoms with Gasteiger partial charge in [-0.2, -0.15) is 13.2 Å². The molecule has 1 aromatic rings. The van der Waals surface area contributed by atoms with Gasteiger partial charge in [-0.25, -0.2) is 4.99 Å². The highest BCUT2D eigenvalue weighted by Gasteiger charge is 2.41. The molecule has 0 aliphatic heterocycles. The molecule has 1 amide bonds. The molecule has 0 radical (unpaired) electrons. The molecule has 1 atom stereocenters. The van der Waals surface area contributed by atoms with Crippen LogP contribution in [0.2, 0.25) is 0 Å². The molecule has 0 saturated heterocycles. The third-order valence-corrected chi connectivity index (χ3v) is 5.86. The molecule has 0 heterocycles. The van der Waals surface area contributed by atoms with E-state index in [9.17, 15) is 18.0 Å². The topological polar surface area (TPSA) is 41.5 Å². The molecule has 0 spiro atoms. The number of anilines is 1. The van der Waals surface area contributed by atoms with E-state index in [1.807, 2.05) is 11.4 Å². The number of carbonyl (C=O) groups excluding carboxylic acids is 1. The summed E-state index contributed by atoms with van der Waals surface area (Å²) in [5.74, 6) is -1.73. The number of aliphatic imine (C=N–C) groups is 1. The summed E-state index contributed by atoms with van der Waals surface area (Å²) in [6, 6.07) is 6.46. The molecule has 0 bridgehead atoms. The second kappa shape index (κ2) is 8.60. The van der Waals surface area contributed by atoms with Crippen molar-refractivity contribution in [3.8, 4) is 0 Å². The fourth-order valence-electron chi connectivity index (χ4n) is 3.34. The summed E-state index contributed by atoms with van der Waals surface area (Å²) in [5, 5.41) is 4.39. The molecule has 1 fully saturated rings. The van der Waals surface area contributed by atoms with Crippen molar-refractivity contribution in [1.29, 1.82) is 0 Å². The van der Waals surface area contributed by atoms with Gasteiger partial charge in [-0.05, 0) is 48.7 Å². The zero-order valence-corrected chi connectivity index (χ0v) is 16.4. The summed E-state index contributed by atoms with van der Waals surface area (Å²) in [7, 11) is 0. The number of amides is 1. The largest absolute Gasteiger partial charge is 0.471 e. The highest BCUT2D eigenvalue weighted by molar-refractivity contribution is 14.1. The highest BCUT2D eigenvalue weighted by Crippen LogP contribution is 2.44. The van der Waals surface area contributed by atoms with Crippen LogP contribution in [0.3, 0.4) is 0 Å². The lowest BCUT2D eigenvalue weighted by molar-refractivity contribution is -0.167. The third-order valence-electron chi connectivity index (χ3n) is 4.61. The number of carbonyl (C=O) groups is 1. The van der Waals surface area contributed by atoms with Crippen LogP contribution in [0.5, 0.6) is 0 Å². The number of halogens is 4. The van der Waals surface area contributed by atoms with Gasteiger partial charge in [0.2, 0.25) is 0 Å². The normalized spacial score (nSPS) is 18.1. The maximum Gasteiger partial charge on any atom is 0.471 e. The molecule has 8 heteroatoms. The van der Waals surface area contributed by atoms with Gasteiger partial charge in [0.1, 0.15) is 5.54 Å². The predicted octanol–water partition coefficient (Wildman–Crippen LogP) is 5.50. The van der Waals surface area contributed by atoms with Gasteiger partial charge in [0.25, 0.3) is 0 Å². The van der Waals surface area contributed by atoms with E-state index in [0.717, 1.165) is 31.2 Å². The van der Waals surface area contributed by atoms with Gasteiger partial charge in [-0.1, -0.05) is 54.0 Å². The van der Waals surface area contributed by atoms with Gasteiger partial charge >= 0.3 is 12.1 Å². The number of nitrogens with one attached hydrogen (secondary N) is 1. The summed E-state index contributed by atoms with van der Waals surface area (Å²) in [6.45, 7) is 0. The fraction of sp³-hybridized carbons (Fsp3) is 0.529. The molecular formula is C17H18F3IN2OS.